The standard InChI is InChI=1S/C12H15BrFN/c13-12-10(5-2-6-11(12)14)8-15-7-9-3-1-4-9/h2,5-6,9,15H,1,3-4,7-8H2. The van der Waals surface area contributed by atoms with Crippen molar-refractivity contribution in [1.29, 1.82) is 0 Å². The van der Waals surface area contributed by atoms with E-state index in [4.69, 9.17) is 0 Å². The van der Waals surface area contributed by atoms with Crippen LogP contribution >= 0.6 is 15.9 Å². The molecular weight excluding hydrogens is 257 g/mol. The molecule has 1 aliphatic carbocycles. The smallest absolute Gasteiger partial charge is 0.137 e. The van der Waals surface area contributed by atoms with Crippen LogP contribution in [0.25, 0.3) is 0 Å². The van der Waals surface area contributed by atoms with Crippen LogP contribution in [0.15, 0.2) is 22.7 Å². The van der Waals surface area contributed by atoms with E-state index >= 15 is 0 Å². The minimum absolute atomic E-state index is 0.182. The lowest BCUT2D eigenvalue weighted by atomic mass is 9.85. The quantitative estimate of drug-likeness (QED) is 0.884. The predicted molar refractivity (Wildman–Crippen MR) is 63.1 cm³/mol. The highest BCUT2D eigenvalue weighted by Crippen LogP contribution is 2.25. The molecule has 1 aromatic carbocycles. The summed E-state index contributed by atoms with van der Waals surface area (Å²) in [6.45, 7) is 1.80. The van der Waals surface area contributed by atoms with E-state index in [0.717, 1.165) is 24.6 Å². The van der Waals surface area contributed by atoms with Gasteiger partial charge in [0.2, 0.25) is 0 Å². The molecule has 0 spiro atoms. The van der Waals surface area contributed by atoms with Crippen LogP contribution in [0.5, 0.6) is 0 Å². The highest BCUT2D eigenvalue weighted by molar-refractivity contribution is 9.10. The van der Waals surface area contributed by atoms with Crippen LogP contribution in [0.1, 0.15) is 24.8 Å². The number of rotatable bonds is 4. The molecule has 1 nitrogen and oxygen atoms in total. The number of hydrogen-bond donors (Lipinski definition) is 1. The molecule has 0 saturated heterocycles. The van der Waals surface area contributed by atoms with E-state index in [1.807, 2.05) is 6.07 Å². The Bertz CT molecular complexity index is 336. The maximum absolute atomic E-state index is 13.2. The van der Waals surface area contributed by atoms with Crippen LogP contribution in [-0.4, -0.2) is 6.54 Å². The van der Waals surface area contributed by atoms with Crippen molar-refractivity contribution in [1.82, 2.24) is 5.32 Å². The predicted octanol–water partition coefficient (Wildman–Crippen LogP) is 3.48. The molecule has 1 saturated carbocycles. The lowest BCUT2D eigenvalue weighted by Crippen LogP contribution is -2.27. The molecule has 82 valence electrons. The average molecular weight is 272 g/mol. The van der Waals surface area contributed by atoms with Gasteiger partial charge in [-0.1, -0.05) is 18.6 Å². The van der Waals surface area contributed by atoms with Gasteiger partial charge in [-0.3, -0.25) is 0 Å². The van der Waals surface area contributed by atoms with Crippen LogP contribution in [-0.2, 0) is 6.54 Å². The summed E-state index contributed by atoms with van der Waals surface area (Å²) in [5.74, 6) is 0.662. The SMILES string of the molecule is Fc1cccc(CNCC2CCC2)c1Br. The molecule has 0 aliphatic heterocycles. The van der Waals surface area contributed by atoms with E-state index in [9.17, 15) is 4.39 Å². The summed E-state index contributed by atoms with van der Waals surface area (Å²) < 4.78 is 13.8. The van der Waals surface area contributed by atoms with Gasteiger partial charge < -0.3 is 5.32 Å². The van der Waals surface area contributed by atoms with Gasteiger partial charge in [0.1, 0.15) is 5.82 Å². The van der Waals surface area contributed by atoms with Gasteiger partial charge in [0.15, 0.2) is 0 Å². The minimum atomic E-state index is -0.182. The van der Waals surface area contributed by atoms with Crippen LogP contribution in [0, 0.1) is 11.7 Å². The van der Waals surface area contributed by atoms with Gasteiger partial charge in [-0.25, -0.2) is 4.39 Å². The second-order valence-corrected chi connectivity index (χ2v) is 4.93. The largest absolute Gasteiger partial charge is 0.312 e. The van der Waals surface area contributed by atoms with Gasteiger partial charge in [-0.15, -0.1) is 0 Å². The highest BCUT2D eigenvalue weighted by Gasteiger charge is 2.16. The van der Waals surface area contributed by atoms with E-state index in [1.165, 1.54) is 25.3 Å². The monoisotopic (exact) mass is 271 g/mol. The Morgan fingerprint density at radius 1 is 1.40 bits per heavy atom. The highest BCUT2D eigenvalue weighted by atomic mass is 79.9. The molecule has 3 heteroatoms. The molecule has 0 aromatic heterocycles. The van der Waals surface area contributed by atoms with Crippen molar-refractivity contribution in [3.8, 4) is 0 Å². The maximum Gasteiger partial charge on any atom is 0.137 e. The molecule has 0 amide bonds. The Labute approximate surface area is 98.2 Å². The summed E-state index contributed by atoms with van der Waals surface area (Å²) in [5, 5.41) is 3.38. The molecule has 0 bridgehead atoms. The molecule has 2 rings (SSSR count). The van der Waals surface area contributed by atoms with E-state index < -0.39 is 0 Å². The molecule has 0 radical (unpaired) electrons. The lowest BCUT2D eigenvalue weighted by Gasteiger charge is -2.25. The Hall–Kier alpha value is -0.410. The summed E-state index contributed by atoms with van der Waals surface area (Å²) in [6.07, 6.45) is 4.06. The lowest BCUT2D eigenvalue weighted by molar-refractivity contribution is 0.301. The van der Waals surface area contributed by atoms with Gasteiger partial charge in [0.05, 0.1) is 4.47 Å². The molecule has 0 unspecified atom stereocenters. The zero-order chi connectivity index (χ0) is 10.7. The molecule has 1 aliphatic rings. The van der Waals surface area contributed by atoms with Crippen LogP contribution in [0.2, 0.25) is 0 Å². The third-order valence-electron chi connectivity index (χ3n) is 3.00. The zero-order valence-electron chi connectivity index (χ0n) is 8.60. The van der Waals surface area contributed by atoms with E-state index in [2.05, 4.69) is 21.2 Å². The normalized spacial score (nSPS) is 16.4. The first-order valence-corrected chi connectivity index (χ1v) is 6.20. The molecule has 15 heavy (non-hydrogen) atoms. The van der Waals surface area contributed by atoms with Gasteiger partial charge in [0.25, 0.3) is 0 Å². The van der Waals surface area contributed by atoms with Crippen molar-refractivity contribution in [2.24, 2.45) is 5.92 Å². The van der Waals surface area contributed by atoms with Crippen LogP contribution in [0.4, 0.5) is 4.39 Å². The van der Waals surface area contributed by atoms with Gasteiger partial charge in [-0.05, 0) is 52.9 Å². The Kier molecular flexibility index (Phi) is 3.76. The first-order valence-electron chi connectivity index (χ1n) is 5.41. The first kappa shape index (κ1) is 11.1. The van der Waals surface area contributed by atoms with Crippen molar-refractivity contribution in [3.63, 3.8) is 0 Å². The second-order valence-electron chi connectivity index (χ2n) is 4.14. The van der Waals surface area contributed by atoms with Crippen molar-refractivity contribution in [2.75, 3.05) is 6.54 Å². The van der Waals surface area contributed by atoms with E-state index in [1.54, 1.807) is 6.07 Å². The van der Waals surface area contributed by atoms with Crippen molar-refractivity contribution in [3.05, 3.63) is 34.1 Å². The fourth-order valence-electron chi connectivity index (χ4n) is 1.79. The molecule has 1 aromatic rings. The number of nitrogens with one attached hydrogen (secondary N) is 1. The summed E-state index contributed by atoms with van der Waals surface area (Å²) in [5.41, 5.74) is 0.995. The Morgan fingerprint density at radius 2 is 2.20 bits per heavy atom. The fraction of sp³-hybridized carbons (Fsp3) is 0.500. The van der Waals surface area contributed by atoms with Crippen molar-refractivity contribution < 1.29 is 4.39 Å². The van der Waals surface area contributed by atoms with E-state index in [0.29, 0.717) is 4.47 Å². The molecule has 0 heterocycles. The van der Waals surface area contributed by atoms with Crippen LogP contribution in [0.3, 0.4) is 0 Å². The fourth-order valence-corrected chi connectivity index (χ4v) is 2.20. The van der Waals surface area contributed by atoms with Gasteiger partial charge >= 0.3 is 0 Å². The average Bonchev–Trinajstić information content (AvgIpc) is 2.16. The summed E-state index contributed by atoms with van der Waals surface area (Å²) in [7, 11) is 0. The first-order chi connectivity index (χ1) is 7.27. The number of hydrogen-bond acceptors (Lipinski definition) is 1. The van der Waals surface area contributed by atoms with Crippen molar-refractivity contribution >= 4 is 15.9 Å². The molecule has 1 fully saturated rings. The maximum atomic E-state index is 13.2. The zero-order valence-corrected chi connectivity index (χ0v) is 10.2. The van der Waals surface area contributed by atoms with Gasteiger partial charge in [-0.2, -0.15) is 0 Å². The summed E-state index contributed by atoms with van der Waals surface area (Å²) >= 11 is 3.26. The van der Waals surface area contributed by atoms with Crippen molar-refractivity contribution in [2.45, 2.75) is 25.8 Å². The van der Waals surface area contributed by atoms with E-state index in [-0.39, 0.29) is 5.82 Å². The molecular formula is C12H15BrFN. The molecule has 0 atom stereocenters. The third-order valence-corrected chi connectivity index (χ3v) is 3.89. The minimum Gasteiger partial charge on any atom is -0.312 e. The Morgan fingerprint density at radius 3 is 2.87 bits per heavy atom. The number of halogens is 2. The third kappa shape index (κ3) is 2.79. The molecule has 1 N–H and O–H groups in total. The second kappa shape index (κ2) is 5.08. The van der Waals surface area contributed by atoms with Gasteiger partial charge in [0, 0.05) is 6.54 Å². The van der Waals surface area contributed by atoms with Crippen LogP contribution < -0.4 is 5.32 Å². The Balaban J connectivity index is 1.84. The summed E-state index contributed by atoms with van der Waals surface area (Å²) in [6, 6.07) is 5.17. The topological polar surface area (TPSA) is 12.0 Å². The summed E-state index contributed by atoms with van der Waals surface area (Å²) in [4.78, 5) is 0. The number of benzene rings is 1.